The van der Waals surface area contributed by atoms with Crippen molar-refractivity contribution < 1.29 is 13.9 Å². The molecule has 0 atom stereocenters. The van der Waals surface area contributed by atoms with Crippen molar-refractivity contribution in [3.05, 3.63) is 47.9 Å². The SMILES string of the molecule is CCCOc1ccc(OCc2occc2CNC)cc1. The molecule has 0 spiro atoms. The van der Waals surface area contributed by atoms with Crippen LogP contribution in [0.1, 0.15) is 24.7 Å². The van der Waals surface area contributed by atoms with Crippen LogP contribution in [-0.2, 0) is 13.2 Å². The summed E-state index contributed by atoms with van der Waals surface area (Å²) in [5, 5.41) is 3.10. The minimum atomic E-state index is 0.430. The fourth-order valence-corrected chi connectivity index (χ4v) is 1.84. The quantitative estimate of drug-likeness (QED) is 0.802. The highest BCUT2D eigenvalue weighted by molar-refractivity contribution is 5.31. The molecule has 1 aromatic carbocycles. The summed E-state index contributed by atoms with van der Waals surface area (Å²) in [5.74, 6) is 2.53. The second-order valence-corrected chi connectivity index (χ2v) is 4.51. The summed E-state index contributed by atoms with van der Waals surface area (Å²) < 4.78 is 16.7. The largest absolute Gasteiger partial charge is 0.494 e. The van der Waals surface area contributed by atoms with Gasteiger partial charge >= 0.3 is 0 Å². The zero-order valence-electron chi connectivity index (χ0n) is 12.0. The highest BCUT2D eigenvalue weighted by Crippen LogP contribution is 2.20. The van der Waals surface area contributed by atoms with Gasteiger partial charge in [-0.1, -0.05) is 6.92 Å². The molecule has 2 rings (SSSR count). The Morgan fingerprint density at radius 1 is 1.05 bits per heavy atom. The Morgan fingerprint density at radius 3 is 2.40 bits per heavy atom. The molecule has 0 amide bonds. The van der Waals surface area contributed by atoms with Crippen LogP contribution >= 0.6 is 0 Å². The van der Waals surface area contributed by atoms with Gasteiger partial charge in [0.25, 0.3) is 0 Å². The highest BCUT2D eigenvalue weighted by atomic mass is 16.5. The fraction of sp³-hybridized carbons (Fsp3) is 0.375. The third kappa shape index (κ3) is 4.03. The van der Waals surface area contributed by atoms with Crippen molar-refractivity contribution in [3.8, 4) is 11.5 Å². The van der Waals surface area contributed by atoms with Crippen molar-refractivity contribution in [2.45, 2.75) is 26.5 Å². The van der Waals surface area contributed by atoms with Gasteiger partial charge in [-0.05, 0) is 43.8 Å². The molecule has 2 aromatic rings. The van der Waals surface area contributed by atoms with Gasteiger partial charge in [-0.2, -0.15) is 0 Å². The number of ether oxygens (including phenoxy) is 2. The average molecular weight is 275 g/mol. The lowest BCUT2D eigenvalue weighted by atomic mass is 10.2. The lowest BCUT2D eigenvalue weighted by Gasteiger charge is -2.08. The Labute approximate surface area is 119 Å². The monoisotopic (exact) mass is 275 g/mol. The zero-order chi connectivity index (χ0) is 14.2. The van der Waals surface area contributed by atoms with Gasteiger partial charge in [0.2, 0.25) is 0 Å². The van der Waals surface area contributed by atoms with Gasteiger partial charge in [0, 0.05) is 12.1 Å². The van der Waals surface area contributed by atoms with Crippen LogP contribution in [0.2, 0.25) is 0 Å². The Hall–Kier alpha value is -1.94. The van der Waals surface area contributed by atoms with Crippen LogP contribution in [0, 0.1) is 0 Å². The van der Waals surface area contributed by atoms with Gasteiger partial charge in [-0.15, -0.1) is 0 Å². The molecule has 0 aliphatic carbocycles. The number of benzene rings is 1. The average Bonchev–Trinajstić information content (AvgIpc) is 2.92. The number of hydrogen-bond donors (Lipinski definition) is 1. The minimum absolute atomic E-state index is 0.430. The maximum atomic E-state index is 5.72. The zero-order valence-corrected chi connectivity index (χ0v) is 12.0. The molecule has 4 heteroatoms. The van der Waals surface area contributed by atoms with Crippen molar-refractivity contribution in [2.75, 3.05) is 13.7 Å². The van der Waals surface area contributed by atoms with Crippen LogP contribution in [0.15, 0.2) is 41.0 Å². The number of furan rings is 1. The van der Waals surface area contributed by atoms with E-state index in [1.807, 2.05) is 37.4 Å². The highest BCUT2D eigenvalue weighted by Gasteiger charge is 2.06. The topological polar surface area (TPSA) is 43.6 Å². The molecule has 1 N–H and O–H groups in total. The van der Waals surface area contributed by atoms with E-state index in [9.17, 15) is 0 Å². The Kier molecular flexibility index (Phi) is 5.50. The summed E-state index contributed by atoms with van der Waals surface area (Å²) in [7, 11) is 1.91. The predicted octanol–water partition coefficient (Wildman–Crippen LogP) is 3.37. The number of hydrogen-bond acceptors (Lipinski definition) is 4. The van der Waals surface area contributed by atoms with Crippen molar-refractivity contribution >= 4 is 0 Å². The number of rotatable bonds is 8. The molecule has 0 fully saturated rings. The van der Waals surface area contributed by atoms with Gasteiger partial charge in [0.05, 0.1) is 12.9 Å². The van der Waals surface area contributed by atoms with Crippen molar-refractivity contribution in [3.63, 3.8) is 0 Å². The van der Waals surface area contributed by atoms with E-state index >= 15 is 0 Å². The maximum absolute atomic E-state index is 5.72. The van der Waals surface area contributed by atoms with Crippen molar-refractivity contribution in [1.29, 1.82) is 0 Å². The third-order valence-corrected chi connectivity index (χ3v) is 2.87. The first-order chi connectivity index (χ1) is 9.83. The van der Waals surface area contributed by atoms with E-state index in [0.717, 1.165) is 42.4 Å². The summed E-state index contributed by atoms with van der Waals surface area (Å²) in [6, 6.07) is 9.61. The lowest BCUT2D eigenvalue weighted by molar-refractivity contribution is 0.267. The first kappa shape index (κ1) is 14.5. The van der Waals surface area contributed by atoms with Gasteiger partial charge in [-0.3, -0.25) is 0 Å². The predicted molar refractivity (Wildman–Crippen MR) is 78.0 cm³/mol. The first-order valence-electron chi connectivity index (χ1n) is 6.89. The molecule has 0 unspecified atom stereocenters. The second-order valence-electron chi connectivity index (χ2n) is 4.51. The summed E-state index contributed by atoms with van der Waals surface area (Å²) in [6.07, 6.45) is 2.69. The normalized spacial score (nSPS) is 10.5. The molecule has 20 heavy (non-hydrogen) atoms. The molecule has 0 aliphatic rings. The van der Waals surface area contributed by atoms with Crippen LogP contribution in [-0.4, -0.2) is 13.7 Å². The van der Waals surface area contributed by atoms with E-state index in [1.165, 1.54) is 0 Å². The third-order valence-electron chi connectivity index (χ3n) is 2.87. The Bertz CT molecular complexity index is 505. The van der Waals surface area contributed by atoms with Gasteiger partial charge < -0.3 is 19.2 Å². The van der Waals surface area contributed by atoms with Crippen LogP contribution in [0.4, 0.5) is 0 Å². The van der Waals surface area contributed by atoms with E-state index in [2.05, 4.69) is 12.2 Å². The van der Waals surface area contributed by atoms with Gasteiger partial charge in [0.1, 0.15) is 23.9 Å². The molecular weight excluding hydrogens is 254 g/mol. The molecule has 1 heterocycles. The Balaban J connectivity index is 1.88. The van der Waals surface area contributed by atoms with Gasteiger partial charge in [0.15, 0.2) is 0 Å². The summed E-state index contributed by atoms with van der Waals surface area (Å²) in [4.78, 5) is 0. The standard InChI is InChI=1S/C16H21NO3/c1-3-9-18-14-4-6-15(7-5-14)20-12-16-13(11-17-2)8-10-19-16/h4-8,10,17H,3,9,11-12H2,1-2H3. The van der Waals surface area contributed by atoms with Crippen molar-refractivity contribution in [2.24, 2.45) is 0 Å². The summed E-state index contributed by atoms with van der Waals surface area (Å²) in [5.41, 5.74) is 1.12. The Morgan fingerprint density at radius 2 is 1.75 bits per heavy atom. The summed E-state index contributed by atoms with van der Waals surface area (Å²) in [6.45, 7) is 4.03. The molecule has 0 bridgehead atoms. The lowest BCUT2D eigenvalue weighted by Crippen LogP contribution is -2.07. The molecule has 4 nitrogen and oxygen atoms in total. The van der Waals surface area contributed by atoms with E-state index in [0.29, 0.717) is 6.61 Å². The van der Waals surface area contributed by atoms with E-state index < -0.39 is 0 Å². The van der Waals surface area contributed by atoms with E-state index in [4.69, 9.17) is 13.9 Å². The van der Waals surface area contributed by atoms with Crippen LogP contribution in [0.3, 0.4) is 0 Å². The molecule has 1 aromatic heterocycles. The minimum Gasteiger partial charge on any atom is -0.494 e. The van der Waals surface area contributed by atoms with Crippen molar-refractivity contribution in [1.82, 2.24) is 5.32 Å². The number of nitrogens with one attached hydrogen (secondary N) is 1. The van der Waals surface area contributed by atoms with Crippen LogP contribution in [0.5, 0.6) is 11.5 Å². The molecule has 108 valence electrons. The van der Waals surface area contributed by atoms with E-state index in [-0.39, 0.29) is 0 Å². The van der Waals surface area contributed by atoms with E-state index in [1.54, 1.807) is 6.26 Å². The second kappa shape index (κ2) is 7.60. The molecule has 0 saturated carbocycles. The molecule has 0 aliphatic heterocycles. The van der Waals surface area contributed by atoms with Crippen LogP contribution in [0.25, 0.3) is 0 Å². The maximum Gasteiger partial charge on any atom is 0.146 e. The molecule has 0 radical (unpaired) electrons. The first-order valence-corrected chi connectivity index (χ1v) is 6.89. The van der Waals surface area contributed by atoms with Crippen LogP contribution < -0.4 is 14.8 Å². The summed E-state index contributed by atoms with van der Waals surface area (Å²) >= 11 is 0. The molecule has 0 saturated heterocycles. The smallest absolute Gasteiger partial charge is 0.146 e. The fourth-order valence-electron chi connectivity index (χ4n) is 1.84. The van der Waals surface area contributed by atoms with Gasteiger partial charge in [-0.25, -0.2) is 0 Å². The molecular formula is C16H21NO3.